The number of rotatable bonds is 3. The molecule has 0 saturated heterocycles. The van der Waals surface area contributed by atoms with E-state index < -0.39 is 8.07 Å². The van der Waals surface area contributed by atoms with Gasteiger partial charge < -0.3 is 4.74 Å². The first-order valence-electron chi connectivity index (χ1n) is 5.14. The van der Waals surface area contributed by atoms with Crippen molar-refractivity contribution in [3.05, 3.63) is 11.8 Å². The quantitative estimate of drug-likeness (QED) is 0.530. The Labute approximate surface area is 87.3 Å². The third-order valence-electron chi connectivity index (χ3n) is 2.74. The van der Waals surface area contributed by atoms with E-state index in [1.54, 1.807) is 0 Å². The summed E-state index contributed by atoms with van der Waals surface area (Å²) < 4.78 is 4.75. The Morgan fingerprint density at radius 3 is 2.36 bits per heavy atom. The standard InChI is InChI=1S/C11H20O2Si/c1-8-9(6-7-14(3,4)5)10(8)11(12)13-2/h6-10H,1-5H3/b7-6+/t8-,9-,10+/m1/s1. The lowest BCUT2D eigenvalue weighted by atomic mass is 10.3. The van der Waals surface area contributed by atoms with Crippen LogP contribution >= 0.6 is 0 Å². The number of hydrogen-bond donors (Lipinski definition) is 0. The van der Waals surface area contributed by atoms with Crippen molar-refractivity contribution in [3.8, 4) is 0 Å². The fraction of sp³-hybridized carbons (Fsp3) is 0.727. The summed E-state index contributed by atoms with van der Waals surface area (Å²) in [6.07, 6.45) is 2.22. The molecule has 1 saturated carbocycles. The number of esters is 1. The van der Waals surface area contributed by atoms with Crippen molar-refractivity contribution in [3.63, 3.8) is 0 Å². The number of carbonyl (C=O) groups excluding carboxylic acids is 1. The van der Waals surface area contributed by atoms with Gasteiger partial charge in [-0.1, -0.05) is 38.3 Å². The van der Waals surface area contributed by atoms with Crippen LogP contribution in [0.1, 0.15) is 6.92 Å². The largest absolute Gasteiger partial charge is 0.469 e. The van der Waals surface area contributed by atoms with E-state index in [4.69, 9.17) is 4.74 Å². The molecule has 80 valence electrons. The molecule has 0 aromatic rings. The number of methoxy groups -OCH3 is 1. The Balaban J connectivity index is 2.51. The van der Waals surface area contributed by atoms with Gasteiger partial charge in [0.05, 0.1) is 21.1 Å². The Morgan fingerprint density at radius 1 is 1.36 bits per heavy atom. The molecular weight excluding hydrogens is 192 g/mol. The van der Waals surface area contributed by atoms with Crippen molar-refractivity contribution in [2.45, 2.75) is 26.6 Å². The molecule has 0 spiro atoms. The van der Waals surface area contributed by atoms with Crippen LogP contribution in [0.4, 0.5) is 0 Å². The summed E-state index contributed by atoms with van der Waals surface area (Å²) in [6.45, 7) is 9.00. The summed E-state index contributed by atoms with van der Waals surface area (Å²) in [5, 5.41) is 0. The lowest BCUT2D eigenvalue weighted by Gasteiger charge is -2.07. The summed E-state index contributed by atoms with van der Waals surface area (Å²) in [6, 6.07) is 0. The molecule has 0 radical (unpaired) electrons. The first-order valence-corrected chi connectivity index (χ1v) is 8.72. The Bertz CT molecular complexity index is 253. The van der Waals surface area contributed by atoms with Crippen LogP contribution in [0.2, 0.25) is 19.6 Å². The zero-order valence-corrected chi connectivity index (χ0v) is 10.7. The molecule has 2 nitrogen and oxygen atoms in total. The molecule has 0 aliphatic heterocycles. The van der Waals surface area contributed by atoms with Crippen LogP contribution in [-0.4, -0.2) is 21.2 Å². The highest BCUT2D eigenvalue weighted by atomic mass is 28.3. The Hall–Kier alpha value is -0.573. The smallest absolute Gasteiger partial charge is 0.309 e. The van der Waals surface area contributed by atoms with Gasteiger partial charge in [0.25, 0.3) is 0 Å². The molecule has 0 unspecified atom stereocenters. The van der Waals surface area contributed by atoms with Crippen LogP contribution in [0.15, 0.2) is 11.8 Å². The first-order chi connectivity index (χ1) is 6.37. The van der Waals surface area contributed by atoms with Gasteiger partial charge in [-0.05, 0) is 11.8 Å². The minimum atomic E-state index is -1.12. The number of allylic oxidation sites excluding steroid dienone is 1. The van der Waals surface area contributed by atoms with E-state index in [1.165, 1.54) is 7.11 Å². The maximum Gasteiger partial charge on any atom is 0.309 e. The highest BCUT2D eigenvalue weighted by Crippen LogP contribution is 2.47. The van der Waals surface area contributed by atoms with Gasteiger partial charge in [-0.2, -0.15) is 0 Å². The van der Waals surface area contributed by atoms with Crippen molar-refractivity contribution in [2.24, 2.45) is 17.8 Å². The predicted molar refractivity (Wildman–Crippen MR) is 60.6 cm³/mol. The molecular formula is C11H20O2Si. The van der Waals surface area contributed by atoms with Crippen LogP contribution in [-0.2, 0) is 9.53 Å². The summed E-state index contributed by atoms with van der Waals surface area (Å²) >= 11 is 0. The second-order valence-electron chi connectivity index (χ2n) is 5.21. The number of ether oxygens (including phenoxy) is 1. The van der Waals surface area contributed by atoms with E-state index in [-0.39, 0.29) is 11.9 Å². The maximum atomic E-state index is 11.3. The predicted octanol–water partition coefficient (Wildman–Crippen LogP) is 2.48. The Kier molecular flexibility index (Phi) is 3.19. The molecule has 3 heteroatoms. The Morgan fingerprint density at radius 2 is 1.93 bits per heavy atom. The van der Waals surface area contributed by atoms with Crippen LogP contribution < -0.4 is 0 Å². The number of hydrogen-bond acceptors (Lipinski definition) is 2. The van der Waals surface area contributed by atoms with E-state index in [9.17, 15) is 4.79 Å². The molecule has 0 bridgehead atoms. The summed E-state index contributed by atoms with van der Waals surface area (Å²) in [7, 11) is 0.348. The first kappa shape index (κ1) is 11.5. The zero-order chi connectivity index (χ0) is 10.9. The van der Waals surface area contributed by atoms with Crippen LogP contribution in [0.25, 0.3) is 0 Å². The molecule has 14 heavy (non-hydrogen) atoms. The van der Waals surface area contributed by atoms with Crippen LogP contribution in [0.5, 0.6) is 0 Å². The van der Waals surface area contributed by atoms with Gasteiger partial charge in [-0.25, -0.2) is 0 Å². The highest BCUT2D eigenvalue weighted by molar-refractivity contribution is 6.80. The zero-order valence-electron chi connectivity index (χ0n) is 9.70. The molecule has 1 rings (SSSR count). The van der Waals surface area contributed by atoms with Gasteiger partial charge in [0, 0.05) is 0 Å². The summed E-state index contributed by atoms with van der Waals surface area (Å²) in [4.78, 5) is 11.3. The molecule has 0 aromatic heterocycles. The van der Waals surface area contributed by atoms with Gasteiger partial charge in [-0.3, -0.25) is 4.79 Å². The van der Waals surface area contributed by atoms with E-state index in [0.717, 1.165) is 0 Å². The second-order valence-corrected chi connectivity index (χ2v) is 10.3. The van der Waals surface area contributed by atoms with Gasteiger partial charge in [0.2, 0.25) is 0 Å². The fourth-order valence-corrected chi connectivity index (χ4v) is 2.50. The SMILES string of the molecule is COC(=O)[C@H]1[C@H](C)[C@H]1/C=C/[Si](C)(C)C. The third kappa shape index (κ3) is 2.71. The number of carbonyl (C=O) groups is 1. The molecule has 0 heterocycles. The second kappa shape index (κ2) is 3.89. The lowest BCUT2D eigenvalue weighted by Crippen LogP contribution is -2.15. The molecule has 1 fully saturated rings. The van der Waals surface area contributed by atoms with Crippen molar-refractivity contribution < 1.29 is 9.53 Å². The molecule has 0 amide bonds. The lowest BCUT2D eigenvalue weighted by molar-refractivity contribution is -0.142. The van der Waals surface area contributed by atoms with Crippen molar-refractivity contribution in [2.75, 3.05) is 7.11 Å². The molecule has 1 aliphatic carbocycles. The molecule has 3 atom stereocenters. The fourth-order valence-electron chi connectivity index (χ4n) is 1.70. The van der Waals surface area contributed by atoms with Gasteiger partial charge in [-0.15, -0.1) is 0 Å². The van der Waals surface area contributed by atoms with Gasteiger partial charge in [0.1, 0.15) is 0 Å². The van der Waals surface area contributed by atoms with Crippen LogP contribution in [0, 0.1) is 17.8 Å². The normalized spacial score (nSPS) is 31.9. The summed E-state index contributed by atoms with van der Waals surface area (Å²) in [5.74, 6) is 0.958. The van der Waals surface area contributed by atoms with Crippen LogP contribution in [0.3, 0.4) is 0 Å². The van der Waals surface area contributed by atoms with E-state index in [0.29, 0.717) is 11.8 Å². The third-order valence-corrected chi connectivity index (χ3v) is 3.93. The minimum Gasteiger partial charge on any atom is -0.469 e. The van der Waals surface area contributed by atoms with Crippen molar-refractivity contribution in [1.29, 1.82) is 0 Å². The highest BCUT2D eigenvalue weighted by Gasteiger charge is 2.50. The molecule has 0 N–H and O–H groups in total. The van der Waals surface area contributed by atoms with Crippen molar-refractivity contribution in [1.82, 2.24) is 0 Å². The topological polar surface area (TPSA) is 26.3 Å². The van der Waals surface area contributed by atoms with Gasteiger partial charge >= 0.3 is 5.97 Å². The van der Waals surface area contributed by atoms with E-state index in [1.807, 2.05) is 0 Å². The maximum absolute atomic E-state index is 11.3. The van der Waals surface area contributed by atoms with Gasteiger partial charge in [0.15, 0.2) is 0 Å². The average Bonchev–Trinajstić information content (AvgIpc) is 2.71. The average molecular weight is 212 g/mol. The molecule has 0 aromatic carbocycles. The molecule has 1 aliphatic rings. The summed E-state index contributed by atoms with van der Waals surface area (Å²) in [5.41, 5.74) is 2.32. The van der Waals surface area contributed by atoms with E-state index >= 15 is 0 Å². The van der Waals surface area contributed by atoms with Crippen molar-refractivity contribution >= 4 is 14.0 Å². The van der Waals surface area contributed by atoms with E-state index in [2.05, 4.69) is 38.3 Å². The monoisotopic (exact) mass is 212 g/mol. The minimum absolute atomic E-state index is 0.0530.